The number of nitrogens with zero attached hydrogens (tertiary/aromatic N) is 5. The van der Waals surface area contributed by atoms with E-state index in [9.17, 15) is 10.1 Å². The second-order valence-corrected chi connectivity index (χ2v) is 7.15. The largest absolute Gasteiger partial charge is 0.379 e. The number of non-ortho nitro benzene ring substituents is 1. The van der Waals surface area contributed by atoms with E-state index >= 15 is 0 Å². The molecule has 0 amide bonds. The maximum atomic E-state index is 11.7. The number of imidazole rings is 1. The molecule has 2 aliphatic heterocycles. The number of benzene rings is 1. The van der Waals surface area contributed by atoms with Crippen molar-refractivity contribution in [2.24, 2.45) is 0 Å². The van der Waals surface area contributed by atoms with E-state index in [-0.39, 0.29) is 10.6 Å². The number of rotatable bonds is 5. The summed E-state index contributed by atoms with van der Waals surface area (Å²) >= 11 is 5.76. The van der Waals surface area contributed by atoms with Crippen molar-refractivity contribution in [3.05, 3.63) is 33.1 Å². The average molecular weight is 393 g/mol. The van der Waals surface area contributed by atoms with E-state index in [0.29, 0.717) is 50.1 Å². The summed E-state index contributed by atoms with van der Waals surface area (Å²) in [6.07, 6.45) is 0. The second-order valence-electron chi connectivity index (χ2n) is 6.78. The number of morpholine rings is 2. The van der Waals surface area contributed by atoms with Gasteiger partial charge in [-0.05, 0) is 18.3 Å². The molecule has 2 saturated heterocycles. The molecular formula is C17H23N5O4S. The number of hydrogen-bond acceptors (Lipinski definition) is 7. The second kappa shape index (κ2) is 8.03. The maximum absolute atomic E-state index is 11.7. The van der Waals surface area contributed by atoms with Crippen LogP contribution < -0.4 is 0 Å². The lowest BCUT2D eigenvalue weighted by Gasteiger charge is -2.27. The standard InChI is InChI=1S/C17H23N5O4S/c23-22(24)15-3-1-2-14-16(15)21(13-19-6-10-26-11-7-19)17(27)20(14)12-18-4-8-25-9-5-18/h1-3H,4-13H2. The van der Waals surface area contributed by atoms with Gasteiger partial charge in [0, 0.05) is 32.2 Å². The van der Waals surface area contributed by atoms with Gasteiger partial charge in [0.1, 0.15) is 5.52 Å². The summed E-state index contributed by atoms with van der Waals surface area (Å²) in [6, 6.07) is 5.19. The molecule has 3 heterocycles. The van der Waals surface area contributed by atoms with E-state index in [1.807, 2.05) is 15.2 Å². The van der Waals surface area contributed by atoms with Gasteiger partial charge in [-0.25, -0.2) is 0 Å². The number of fused-ring (bicyclic) bond motifs is 1. The minimum absolute atomic E-state index is 0.0904. The minimum atomic E-state index is -0.327. The molecule has 1 aromatic carbocycles. The van der Waals surface area contributed by atoms with Crippen LogP contribution in [0.25, 0.3) is 11.0 Å². The Kier molecular flexibility index (Phi) is 5.50. The molecule has 0 unspecified atom stereocenters. The average Bonchev–Trinajstić information content (AvgIpc) is 2.95. The van der Waals surface area contributed by atoms with Crippen LogP contribution in [0.1, 0.15) is 0 Å². The van der Waals surface area contributed by atoms with Crippen LogP contribution in [0.2, 0.25) is 0 Å². The molecule has 146 valence electrons. The summed E-state index contributed by atoms with van der Waals surface area (Å²) in [5.41, 5.74) is 1.48. The molecule has 27 heavy (non-hydrogen) atoms. The number of aromatic nitrogens is 2. The molecule has 4 rings (SSSR count). The Bertz CT molecular complexity index is 883. The van der Waals surface area contributed by atoms with Gasteiger partial charge in [0.25, 0.3) is 5.69 Å². The quantitative estimate of drug-likeness (QED) is 0.434. The van der Waals surface area contributed by atoms with Crippen molar-refractivity contribution in [1.82, 2.24) is 18.9 Å². The third-order valence-corrected chi connectivity index (χ3v) is 5.54. The zero-order valence-corrected chi connectivity index (χ0v) is 15.9. The highest BCUT2D eigenvalue weighted by Crippen LogP contribution is 2.28. The lowest BCUT2D eigenvalue weighted by atomic mass is 10.2. The molecule has 0 radical (unpaired) electrons. The molecule has 0 atom stereocenters. The van der Waals surface area contributed by atoms with Crippen molar-refractivity contribution >= 4 is 28.9 Å². The Morgan fingerprint density at radius 2 is 1.52 bits per heavy atom. The number of ether oxygens (including phenoxy) is 2. The van der Waals surface area contributed by atoms with Crippen molar-refractivity contribution in [3.8, 4) is 0 Å². The van der Waals surface area contributed by atoms with Crippen LogP contribution in [-0.4, -0.2) is 76.5 Å². The fourth-order valence-corrected chi connectivity index (χ4v) is 3.96. The van der Waals surface area contributed by atoms with E-state index in [4.69, 9.17) is 21.7 Å². The van der Waals surface area contributed by atoms with Crippen LogP contribution in [0.4, 0.5) is 5.69 Å². The van der Waals surface area contributed by atoms with Gasteiger partial charge < -0.3 is 14.0 Å². The van der Waals surface area contributed by atoms with Crippen molar-refractivity contribution in [2.45, 2.75) is 13.3 Å². The summed E-state index contributed by atoms with van der Waals surface area (Å²) < 4.78 is 15.3. The Balaban J connectivity index is 1.77. The normalized spacial score (nSPS) is 19.6. The first-order valence-corrected chi connectivity index (χ1v) is 9.52. The van der Waals surface area contributed by atoms with Crippen LogP contribution in [0.5, 0.6) is 0 Å². The van der Waals surface area contributed by atoms with Gasteiger partial charge in [0.2, 0.25) is 0 Å². The predicted octanol–water partition coefficient (Wildman–Crippen LogP) is 1.66. The van der Waals surface area contributed by atoms with Gasteiger partial charge in [-0.15, -0.1) is 0 Å². The van der Waals surface area contributed by atoms with E-state index in [2.05, 4.69) is 9.80 Å². The van der Waals surface area contributed by atoms with Gasteiger partial charge in [-0.1, -0.05) is 6.07 Å². The van der Waals surface area contributed by atoms with Crippen LogP contribution in [-0.2, 0) is 22.8 Å². The first-order chi connectivity index (χ1) is 13.1. The first-order valence-electron chi connectivity index (χ1n) is 9.12. The highest BCUT2D eigenvalue weighted by Gasteiger charge is 2.23. The SMILES string of the molecule is O=[N+]([O-])c1cccc2c1n(CN1CCOCC1)c(=S)n2CN1CCOCC1. The first kappa shape index (κ1) is 18.5. The molecule has 2 fully saturated rings. The molecule has 9 nitrogen and oxygen atoms in total. The van der Waals surface area contributed by atoms with Crippen molar-refractivity contribution in [1.29, 1.82) is 0 Å². The molecule has 0 aliphatic carbocycles. The Morgan fingerprint density at radius 1 is 0.963 bits per heavy atom. The monoisotopic (exact) mass is 393 g/mol. The molecule has 0 spiro atoms. The van der Waals surface area contributed by atoms with Gasteiger partial charge in [-0.3, -0.25) is 24.5 Å². The van der Waals surface area contributed by atoms with Gasteiger partial charge in [-0.2, -0.15) is 0 Å². The van der Waals surface area contributed by atoms with Crippen molar-refractivity contribution in [3.63, 3.8) is 0 Å². The van der Waals surface area contributed by atoms with Crippen LogP contribution in [0, 0.1) is 14.9 Å². The van der Waals surface area contributed by atoms with E-state index in [0.717, 1.165) is 31.7 Å². The third kappa shape index (κ3) is 3.76. The Labute approximate surface area is 161 Å². The Morgan fingerprint density at radius 3 is 2.07 bits per heavy atom. The van der Waals surface area contributed by atoms with Gasteiger partial charge in [0.05, 0.1) is 50.2 Å². The highest BCUT2D eigenvalue weighted by molar-refractivity contribution is 7.71. The number of nitro benzene ring substituents is 1. The predicted molar refractivity (Wildman–Crippen MR) is 102 cm³/mol. The minimum Gasteiger partial charge on any atom is -0.379 e. The van der Waals surface area contributed by atoms with Crippen LogP contribution in [0.15, 0.2) is 18.2 Å². The molecule has 1 aromatic heterocycles. The molecule has 2 aromatic rings. The van der Waals surface area contributed by atoms with Crippen LogP contribution in [0.3, 0.4) is 0 Å². The van der Waals surface area contributed by atoms with E-state index in [1.165, 1.54) is 0 Å². The van der Waals surface area contributed by atoms with Gasteiger partial charge in [0.15, 0.2) is 4.77 Å². The van der Waals surface area contributed by atoms with E-state index in [1.54, 1.807) is 12.1 Å². The summed E-state index contributed by atoms with van der Waals surface area (Å²) in [5.74, 6) is 0. The van der Waals surface area contributed by atoms with Crippen LogP contribution >= 0.6 is 12.2 Å². The number of hydrogen-bond donors (Lipinski definition) is 0. The van der Waals surface area contributed by atoms with E-state index < -0.39 is 0 Å². The summed E-state index contributed by atoms with van der Waals surface area (Å²) in [6.45, 7) is 7.09. The molecular weight excluding hydrogens is 370 g/mol. The molecule has 10 heteroatoms. The zero-order valence-electron chi connectivity index (χ0n) is 15.1. The smallest absolute Gasteiger partial charge is 0.295 e. The molecule has 2 aliphatic rings. The zero-order chi connectivity index (χ0) is 18.8. The number of nitro groups is 1. The lowest BCUT2D eigenvalue weighted by molar-refractivity contribution is -0.383. The summed E-state index contributed by atoms with van der Waals surface area (Å²) in [7, 11) is 0. The summed E-state index contributed by atoms with van der Waals surface area (Å²) in [4.78, 5) is 15.8. The fourth-order valence-electron chi connectivity index (χ4n) is 3.66. The number of para-hydroxylation sites is 1. The molecule has 0 bridgehead atoms. The fraction of sp³-hybridized carbons (Fsp3) is 0.588. The van der Waals surface area contributed by atoms with Crippen molar-refractivity contribution < 1.29 is 14.4 Å². The topological polar surface area (TPSA) is 77.9 Å². The Hall–Kier alpha value is -1.85. The lowest BCUT2D eigenvalue weighted by Crippen LogP contribution is -2.38. The summed E-state index contributed by atoms with van der Waals surface area (Å²) in [5, 5.41) is 11.7. The molecule has 0 saturated carbocycles. The molecule has 0 N–H and O–H groups in total. The van der Waals surface area contributed by atoms with Gasteiger partial charge >= 0.3 is 0 Å². The van der Waals surface area contributed by atoms with Crippen molar-refractivity contribution in [2.75, 3.05) is 52.6 Å². The highest BCUT2D eigenvalue weighted by atomic mass is 32.1. The maximum Gasteiger partial charge on any atom is 0.295 e. The third-order valence-electron chi connectivity index (χ3n) is 5.10.